The van der Waals surface area contributed by atoms with Crippen molar-refractivity contribution in [1.29, 1.82) is 0 Å². The van der Waals surface area contributed by atoms with Crippen LogP contribution >= 0.6 is 0 Å². The lowest BCUT2D eigenvalue weighted by Gasteiger charge is -2.34. The number of carbonyl (C=O) groups is 1. The maximum absolute atomic E-state index is 11.2. The van der Waals surface area contributed by atoms with Gasteiger partial charge in [-0.25, -0.2) is 0 Å². The van der Waals surface area contributed by atoms with Gasteiger partial charge in [0.2, 0.25) is 0 Å². The summed E-state index contributed by atoms with van der Waals surface area (Å²) in [5.74, 6) is -0.835. The number of carboxylic acid groups (broad SMARTS) is 1. The van der Waals surface area contributed by atoms with Gasteiger partial charge in [0.05, 0.1) is 19.8 Å². The van der Waals surface area contributed by atoms with Crippen LogP contribution in [0, 0.1) is 0 Å². The fraction of sp³-hybridized carbons (Fsp3) is 0.900. The summed E-state index contributed by atoms with van der Waals surface area (Å²) in [6.45, 7) is 2.07. The molecule has 6 heteroatoms. The summed E-state index contributed by atoms with van der Waals surface area (Å²) >= 11 is 0. The molecule has 0 aliphatic carbocycles. The monoisotopic (exact) mass is 233 g/mol. The maximum Gasteiger partial charge on any atom is 0.324 e. The first-order chi connectivity index (χ1) is 7.71. The van der Waals surface area contributed by atoms with E-state index in [1.807, 2.05) is 0 Å². The van der Waals surface area contributed by atoms with Crippen LogP contribution in [0.4, 0.5) is 0 Å². The number of nitrogens with one attached hydrogen (secondary N) is 1. The molecule has 0 bridgehead atoms. The van der Waals surface area contributed by atoms with Crippen LogP contribution < -0.4 is 5.32 Å². The van der Waals surface area contributed by atoms with Crippen molar-refractivity contribution in [2.75, 3.05) is 39.6 Å². The number of carboxylic acids is 1. The molecule has 1 aliphatic heterocycles. The highest BCUT2D eigenvalue weighted by molar-refractivity contribution is 5.78. The van der Waals surface area contributed by atoms with Crippen LogP contribution in [0.3, 0.4) is 0 Å². The first-order valence-electron chi connectivity index (χ1n) is 5.46. The average molecular weight is 233 g/mol. The van der Waals surface area contributed by atoms with E-state index in [-0.39, 0.29) is 13.2 Å². The summed E-state index contributed by atoms with van der Waals surface area (Å²) in [6, 6.07) is 0. The van der Waals surface area contributed by atoms with E-state index in [1.165, 1.54) is 0 Å². The van der Waals surface area contributed by atoms with Crippen molar-refractivity contribution < 1.29 is 24.5 Å². The summed E-state index contributed by atoms with van der Waals surface area (Å²) in [6.07, 6.45) is 0.949. The molecule has 0 unspecified atom stereocenters. The predicted molar refractivity (Wildman–Crippen MR) is 56.3 cm³/mol. The lowest BCUT2D eigenvalue weighted by Crippen LogP contribution is -2.56. The molecule has 3 N–H and O–H groups in total. The molecule has 0 atom stereocenters. The fourth-order valence-corrected chi connectivity index (χ4v) is 1.72. The molecule has 16 heavy (non-hydrogen) atoms. The minimum Gasteiger partial charge on any atom is -0.480 e. The Labute approximate surface area is 94.5 Å². The molecule has 0 amide bonds. The van der Waals surface area contributed by atoms with Crippen molar-refractivity contribution in [2.45, 2.75) is 18.4 Å². The summed E-state index contributed by atoms with van der Waals surface area (Å²) in [5, 5.41) is 20.7. The molecule has 0 radical (unpaired) electrons. The fourth-order valence-electron chi connectivity index (χ4n) is 1.72. The highest BCUT2D eigenvalue weighted by Gasteiger charge is 2.39. The quantitative estimate of drug-likeness (QED) is 0.500. The number of hydrogen-bond acceptors (Lipinski definition) is 5. The van der Waals surface area contributed by atoms with E-state index >= 15 is 0 Å². The third kappa shape index (κ3) is 3.71. The van der Waals surface area contributed by atoms with E-state index in [0.29, 0.717) is 39.2 Å². The van der Waals surface area contributed by atoms with Gasteiger partial charge in [0.15, 0.2) is 0 Å². The molecule has 94 valence electrons. The zero-order chi connectivity index (χ0) is 11.9. The smallest absolute Gasteiger partial charge is 0.324 e. The van der Waals surface area contributed by atoms with Crippen LogP contribution in [0.2, 0.25) is 0 Å². The number of rotatable bonds is 7. The largest absolute Gasteiger partial charge is 0.480 e. The van der Waals surface area contributed by atoms with Crippen molar-refractivity contribution in [3.05, 3.63) is 0 Å². The molecule has 0 aromatic carbocycles. The van der Waals surface area contributed by atoms with Gasteiger partial charge in [0.1, 0.15) is 5.54 Å². The zero-order valence-electron chi connectivity index (χ0n) is 9.28. The van der Waals surface area contributed by atoms with Gasteiger partial charge >= 0.3 is 5.97 Å². The molecule has 6 nitrogen and oxygen atoms in total. The number of aliphatic hydroxyl groups excluding tert-OH is 1. The Morgan fingerprint density at radius 1 is 1.38 bits per heavy atom. The van der Waals surface area contributed by atoms with Crippen LogP contribution in [-0.2, 0) is 14.3 Å². The van der Waals surface area contributed by atoms with E-state index in [0.717, 1.165) is 0 Å². The second kappa shape index (κ2) is 6.80. The van der Waals surface area contributed by atoms with E-state index < -0.39 is 11.5 Å². The van der Waals surface area contributed by atoms with Crippen LogP contribution in [0.1, 0.15) is 12.8 Å². The predicted octanol–water partition coefficient (Wildman–Crippen LogP) is -0.781. The van der Waals surface area contributed by atoms with Gasteiger partial charge in [-0.3, -0.25) is 10.1 Å². The summed E-state index contributed by atoms with van der Waals surface area (Å²) in [7, 11) is 0. The first-order valence-corrected chi connectivity index (χ1v) is 5.46. The van der Waals surface area contributed by atoms with Crippen molar-refractivity contribution in [1.82, 2.24) is 5.32 Å². The van der Waals surface area contributed by atoms with E-state index in [1.54, 1.807) is 0 Å². The van der Waals surface area contributed by atoms with Gasteiger partial charge in [0, 0.05) is 19.8 Å². The lowest BCUT2D eigenvalue weighted by molar-refractivity contribution is -0.149. The van der Waals surface area contributed by atoms with E-state index in [9.17, 15) is 9.90 Å². The Morgan fingerprint density at radius 2 is 2.06 bits per heavy atom. The Hall–Kier alpha value is -0.690. The Morgan fingerprint density at radius 3 is 2.62 bits per heavy atom. The van der Waals surface area contributed by atoms with Crippen LogP contribution in [0.25, 0.3) is 0 Å². The van der Waals surface area contributed by atoms with Crippen molar-refractivity contribution in [3.8, 4) is 0 Å². The summed E-state index contributed by atoms with van der Waals surface area (Å²) in [5.41, 5.74) is -0.874. The second-order valence-corrected chi connectivity index (χ2v) is 3.76. The van der Waals surface area contributed by atoms with Crippen LogP contribution in [0.5, 0.6) is 0 Å². The van der Waals surface area contributed by atoms with Gasteiger partial charge in [-0.2, -0.15) is 0 Å². The van der Waals surface area contributed by atoms with Crippen molar-refractivity contribution >= 4 is 5.97 Å². The molecule has 1 heterocycles. The number of aliphatic hydroxyl groups is 1. The SMILES string of the molecule is O=C(O)C1(NCCOCCO)CCOCC1. The molecule has 1 aliphatic rings. The minimum atomic E-state index is -0.874. The van der Waals surface area contributed by atoms with Gasteiger partial charge in [0.25, 0.3) is 0 Å². The molecular weight excluding hydrogens is 214 g/mol. The molecule has 0 spiro atoms. The molecule has 0 aromatic rings. The van der Waals surface area contributed by atoms with Crippen LogP contribution in [-0.4, -0.2) is 61.3 Å². The van der Waals surface area contributed by atoms with Gasteiger partial charge in [-0.05, 0) is 12.8 Å². The summed E-state index contributed by atoms with van der Waals surface area (Å²) < 4.78 is 10.2. The molecular formula is C10H19NO5. The molecule has 0 saturated carbocycles. The van der Waals surface area contributed by atoms with E-state index in [2.05, 4.69) is 5.32 Å². The zero-order valence-corrected chi connectivity index (χ0v) is 9.28. The normalized spacial score (nSPS) is 19.6. The first kappa shape index (κ1) is 13.4. The Balaban J connectivity index is 2.30. The van der Waals surface area contributed by atoms with Gasteiger partial charge in [-0.1, -0.05) is 0 Å². The van der Waals surface area contributed by atoms with E-state index in [4.69, 9.17) is 14.6 Å². The van der Waals surface area contributed by atoms with Crippen molar-refractivity contribution in [2.24, 2.45) is 0 Å². The maximum atomic E-state index is 11.2. The Bertz CT molecular complexity index is 215. The second-order valence-electron chi connectivity index (χ2n) is 3.76. The molecule has 1 fully saturated rings. The number of hydrogen-bond donors (Lipinski definition) is 3. The number of ether oxygens (including phenoxy) is 2. The highest BCUT2D eigenvalue weighted by Crippen LogP contribution is 2.20. The third-order valence-corrected chi connectivity index (χ3v) is 2.70. The highest BCUT2D eigenvalue weighted by atomic mass is 16.5. The molecule has 0 aromatic heterocycles. The Kier molecular flexibility index (Phi) is 5.68. The van der Waals surface area contributed by atoms with Gasteiger partial charge in [-0.15, -0.1) is 0 Å². The molecule has 1 rings (SSSR count). The number of aliphatic carboxylic acids is 1. The standard InChI is InChI=1S/C10H19NO5/c12-4-8-16-7-3-11-10(9(13)14)1-5-15-6-2-10/h11-12H,1-8H2,(H,13,14). The average Bonchev–Trinajstić information content (AvgIpc) is 2.30. The van der Waals surface area contributed by atoms with Crippen LogP contribution in [0.15, 0.2) is 0 Å². The topological polar surface area (TPSA) is 88.0 Å². The lowest BCUT2D eigenvalue weighted by atomic mass is 9.90. The van der Waals surface area contributed by atoms with Gasteiger partial charge < -0.3 is 19.7 Å². The minimum absolute atomic E-state index is 0.0160. The molecule has 1 saturated heterocycles. The summed E-state index contributed by atoms with van der Waals surface area (Å²) in [4.78, 5) is 11.2. The third-order valence-electron chi connectivity index (χ3n) is 2.70. The van der Waals surface area contributed by atoms with Crippen molar-refractivity contribution in [3.63, 3.8) is 0 Å².